The van der Waals surface area contributed by atoms with E-state index in [9.17, 15) is 4.79 Å². The number of rotatable bonds is 3. The van der Waals surface area contributed by atoms with Gasteiger partial charge in [0.1, 0.15) is 6.10 Å². The van der Waals surface area contributed by atoms with Crippen LogP contribution in [0.1, 0.15) is 12.8 Å². The topological polar surface area (TPSA) is 32.8 Å². The van der Waals surface area contributed by atoms with Crippen LogP contribution in [0.3, 0.4) is 0 Å². The second-order valence-electron chi connectivity index (χ2n) is 5.92. The normalized spacial score (nSPS) is 17.6. The quantitative estimate of drug-likeness (QED) is 0.821. The standard InChI is InChI=1S/C19H22N2O2.ClH/c1-20-14-8-13-18(15-20)23-19(22)21(16-9-4-2-5-10-16)17-11-6-3-7-12-17;/h2-7,9-12,18H,8,13-15H2,1H3;1H. The fourth-order valence-corrected chi connectivity index (χ4v) is 2.92. The van der Waals surface area contributed by atoms with Crippen LogP contribution in [0, 0.1) is 0 Å². The number of likely N-dealkylation sites (tertiary alicyclic amines) is 1. The molecule has 0 radical (unpaired) electrons. The highest BCUT2D eigenvalue weighted by Gasteiger charge is 2.25. The van der Waals surface area contributed by atoms with Crippen molar-refractivity contribution in [1.82, 2.24) is 4.90 Å². The first-order valence-electron chi connectivity index (χ1n) is 8.03. The van der Waals surface area contributed by atoms with E-state index in [1.54, 1.807) is 4.90 Å². The molecule has 0 aromatic heterocycles. The molecule has 1 fully saturated rings. The van der Waals surface area contributed by atoms with E-state index >= 15 is 0 Å². The number of hydrogen-bond donors (Lipinski definition) is 0. The summed E-state index contributed by atoms with van der Waals surface area (Å²) in [6.07, 6.45) is 1.62. The van der Waals surface area contributed by atoms with E-state index in [4.69, 9.17) is 4.74 Å². The second kappa shape index (κ2) is 8.71. The molecule has 2 aromatic rings. The van der Waals surface area contributed by atoms with Crippen molar-refractivity contribution < 1.29 is 9.53 Å². The van der Waals surface area contributed by atoms with Crippen LogP contribution in [-0.4, -0.2) is 37.2 Å². The number of piperidine rings is 1. The Balaban J connectivity index is 0.00000208. The number of halogens is 1. The summed E-state index contributed by atoms with van der Waals surface area (Å²) in [5.74, 6) is 0. The molecule has 1 aliphatic rings. The van der Waals surface area contributed by atoms with E-state index in [1.165, 1.54) is 0 Å². The number of para-hydroxylation sites is 2. The molecule has 3 rings (SSSR count). The Hall–Kier alpha value is -2.04. The molecule has 0 aliphatic carbocycles. The SMILES string of the molecule is CN1CCCC(OC(=O)N(c2ccccc2)c2ccccc2)C1.Cl. The summed E-state index contributed by atoms with van der Waals surface area (Å²) >= 11 is 0. The molecule has 2 aromatic carbocycles. The van der Waals surface area contributed by atoms with Gasteiger partial charge in [-0.3, -0.25) is 0 Å². The second-order valence-corrected chi connectivity index (χ2v) is 5.92. The average molecular weight is 347 g/mol. The minimum Gasteiger partial charge on any atom is -0.444 e. The number of benzene rings is 2. The van der Waals surface area contributed by atoms with E-state index in [0.717, 1.165) is 37.3 Å². The average Bonchev–Trinajstić information content (AvgIpc) is 2.57. The summed E-state index contributed by atoms with van der Waals surface area (Å²) in [6.45, 7) is 1.86. The van der Waals surface area contributed by atoms with Crippen LogP contribution in [0.5, 0.6) is 0 Å². The van der Waals surface area contributed by atoms with Gasteiger partial charge in [0.05, 0.1) is 11.4 Å². The lowest BCUT2D eigenvalue weighted by Crippen LogP contribution is -2.40. The Morgan fingerprint density at radius 2 is 1.58 bits per heavy atom. The van der Waals surface area contributed by atoms with Gasteiger partial charge in [0.2, 0.25) is 0 Å². The van der Waals surface area contributed by atoms with Gasteiger partial charge in [0.25, 0.3) is 0 Å². The molecule has 1 saturated heterocycles. The first-order valence-corrected chi connectivity index (χ1v) is 8.03. The summed E-state index contributed by atoms with van der Waals surface area (Å²) in [7, 11) is 2.06. The molecular formula is C19H23ClN2O2. The first kappa shape index (κ1) is 18.3. The maximum absolute atomic E-state index is 12.8. The number of carbonyl (C=O) groups excluding carboxylic acids is 1. The third-order valence-electron chi connectivity index (χ3n) is 4.06. The number of likely N-dealkylation sites (N-methyl/N-ethyl adjacent to an activating group) is 1. The zero-order valence-electron chi connectivity index (χ0n) is 13.8. The van der Waals surface area contributed by atoms with Gasteiger partial charge in [-0.1, -0.05) is 36.4 Å². The highest BCUT2D eigenvalue weighted by molar-refractivity contribution is 5.96. The van der Waals surface area contributed by atoms with Gasteiger partial charge in [-0.15, -0.1) is 12.4 Å². The van der Waals surface area contributed by atoms with Crippen LogP contribution in [-0.2, 0) is 4.74 Å². The van der Waals surface area contributed by atoms with E-state index in [2.05, 4.69) is 11.9 Å². The Morgan fingerprint density at radius 3 is 2.08 bits per heavy atom. The van der Waals surface area contributed by atoms with Crippen molar-refractivity contribution in [1.29, 1.82) is 0 Å². The molecule has 1 unspecified atom stereocenters. The maximum Gasteiger partial charge on any atom is 0.419 e. The van der Waals surface area contributed by atoms with Gasteiger partial charge in [-0.25, -0.2) is 9.69 Å². The summed E-state index contributed by atoms with van der Waals surface area (Å²) in [5.41, 5.74) is 1.63. The summed E-state index contributed by atoms with van der Waals surface area (Å²) in [6, 6.07) is 19.2. The molecule has 0 saturated carbocycles. The summed E-state index contributed by atoms with van der Waals surface area (Å²) in [5, 5.41) is 0. The van der Waals surface area contributed by atoms with Crippen LogP contribution < -0.4 is 4.90 Å². The number of anilines is 2. The van der Waals surface area contributed by atoms with Gasteiger partial charge in [-0.2, -0.15) is 0 Å². The molecule has 1 aliphatic heterocycles. The molecule has 0 bridgehead atoms. The Morgan fingerprint density at radius 1 is 1.04 bits per heavy atom. The molecule has 1 heterocycles. The Kier molecular flexibility index (Phi) is 6.64. The van der Waals surface area contributed by atoms with Gasteiger partial charge < -0.3 is 9.64 Å². The van der Waals surface area contributed by atoms with E-state index in [-0.39, 0.29) is 24.6 Å². The van der Waals surface area contributed by atoms with Gasteiger partial charge in [0.15, 0.2) is 0 Å². The molecule has 1 amide bonds. The highest BCUT2D eigenvalue weighted by atomic mass is 35.5. The zero-order chi connectivity index (χ0) is 16.1. The number of amides is 1. The van der Waals surface area contributed by atoms with Gasteiger partial charge in [0, 0.05) is 6.54 Å². The number of carbonyl (C=O) groups is 1. The summed E-state index contributed by atoms with van der Waals surface area (Å²) < 4.78 is 5.78. The predicted molar refractivity (Wildman–Crippen MR) is 99.3 cm³/mol. The fraction of sp³-hybridized carbons (Fsp3) is 0.316. The molecule has 128 valence electrons. The van der Waals surface area contributed by atoms with Crippen LogP contribution in [0.4, 0.5) is 16.2 Å². The maximum atomic E-state index is 12.8. The van der Waals surface area contributed by atoms with Crippen LogP contribution >= 0.6 is 12.4 Å². The molecular weight excluding hydrogens is 324 g/mol. The minimum atomic E-state index is -0.317. The fourth-order valence-electron chi connectivity index (χ4n) is 2.92. The monoisotopic (exact) mass is 346 g/mol. The Labute approximate surface area is 149 Å². The van der Waals surface area contributed by atoms with Crippen molar-refractivity contribution in [2.24, 2.45) is 0 Å². The molecule has 5 heteroatoms. The summed E-state index contributed by atoms with van der Waals surface area (Å²) in [4.78, 5) is 16.6. The molecule has 24 heavy (non-hydrogen) atoms. The molecule has 0 N–H and O–H groups in total. The van der Waals surface area contributed by atoms with Crippen molar-refractivity contribution in [3.05, 3.63) is 60.7 Å². The number of ether oxygens (including phenoxy) is 1. The molecule has 0 spiro atoms. The smallest absolute Gasteiger partial charge is 0.419 e. The zero-order valence-corrected chi connectivity index (χ0v) is 14.6. The van der Waals surface area contributed by atoms with Crippen LogP contribution in [0.25, 0.3) is 0 Å². The third-order valence-corrected chi connectivity index (χ3v) is 4.06. The molecule has 1 atom stereocenters. The minimum absolute atomic E-state index is 0. The third kappa shape index (κ3) is 4.49. The van der Waals surface area contributed by atoms with Crippen molar-refractivity contribution >= 4 is 29.9 Å². The predicted octanol–water partition coefficient (Wildman–Crippen LogP) is 4.48. The van der Waals surface area contributed by atoms with Crippen molar-refractivity contribution in [2.45, 2.75) is 18.9 Å². The van der Waals surface area contributed by atoms with E-state index in [0.29, 0.717) is 0 Å². The van der Waals surface area contributed by atoms with Crippen molar-refractivity contribution in [2.75, 3.05) is 25.0 Å². The Bertz CT molecular complexity index is 597. The first-order chi connectivity index (χ1) is 11.2. The molecule has 4 nitrogen and oxygen atoms in total. The number of nitrogens with zero attached hydrogens (tertiary/aromatic N) is 2. The lowest BCUT2D eigenvalue weighted by atomic mass is 10.1. The number of hydrogen-bond acceptors (Lipinski definition) is 3. The van der Waals surface area contributed by atoms with Gasteiger partial charge in [-0.05, 0) is 50.7 Å². The van der Waals surface area contributed by atoms with Crippen molar-refractivity contribution in [3.63, 3.8) is 0 Å². The van der Waals surface area contributed by atoms with Crippen LogP contribution in [0.15, 0.2) is 60.7 Å². The largest absolute Gasteiger partial charge is 0.444 e. The highest BCUT2D eigenvalue weighted by Crippen LogP contribution is 2.26. The van der Waals surface area contributed by atoms with E-state index in [1.807, 2.05) is 60.7 Å². The van der Waals surface area contributed by atoms with Gasteiger partial charge >= 0.3 is 6.09 Å². The van der Waals surface area contributed by atoms with Crippen molar-refractivity contribution in [3.8, 4) is 0 Å². The van der Waals surface area contributed by atoms with Crippen LogP contribution in [0.2, 0.25) is 0 Å². The lowest BCUT2D eigenvalue weighted by molar-refractivity contribution is 0.0565. The van der Waals surface area contributed by atoms with E-state index < -0.39 is 0 Å². The lowest BCUT2D eigenvalue weighted by Gasteiger charge is -2.31.